The summed E-state index contributed by atoms with van der Waals surface area (Å²) >= 11 is 0. The molecule has 5 heteroatoms. The summed E-state index contributed by atoms with van der Waals surface area (Å²) in [4.78, 5) is 12.8. The quantitative estimate of drug-likeness (QED) is 0.464. The van der Waals surface area contributed by atoms with Crippen molar-refractivity contribution in [2.24, 2.45) is 5.73 Å². The molecular formula is C29H34FNO3. The first-order chi connectivity index (χ1) is 16.1. The first kappa shape index (κ1) is 27.0. The summed E-state index contributed by atoms with van der Waals surface area (Å²) in [6.07, 6.45) is 12.9. The van der Waals surface area contributed by atoms with E-state index in [4.69, 9.17) is 10.5 Å². The van der Waals surface area contributed by atoms with E-state index >= 15 is 0 Å². The number of hydrogen-bond acceptors (Lipinski definition) is 4. The van der Waals surface area contributed by atoms with Crippen LogP contribution in [-0.2, 0) is 15.1 Å². The van der Waals surface area contributed by atoms with Gasteiger partial charge in [0.25, 0.3) is 0 Å². The largest absolute Gasteiger partial charge is 0.398 e. The van der Waals surface area contributed by atoms with Crippen LogP contribution in [0.25, 0.3) is 0 Å². The van der Waals surface area contributed by atoms with Crippen LogP contribution in [0.4, 0.5) is 4.39 Å². The second-order valence-corrected chi connectivity index (χ2v) is 8.41. The van der Waals surface area contributed by atoms with Crippen LogP contribution in [-0.4, -0.2) is 23.1 Å². The summed E-state index contributed by atoms with van der Waals surface area (Å²) in [7, 11) is 0. The van der Waals surface area contributed by atoms with Crippen LogP contribution in [0.1, 0.15) is 38.3 Å². The van der Waals surface area contributed by atoms with E-state index in [2.05, 4.69) is 13.2 Å². The van der Waals surface area contributed by atoms with E-state index in [1.807, 2.05) is 44.2 Å². The zero-order valence-electron chi connectivity index (χ0n) is 20.3. The number of rotatable bonds is 9. The van der Waals surface area contributed by atoms with Gasteiger partial charge in [0, 0.05) is 17.7 Å². The van der Waals surface area contributed by atoms with Crippen LogP contribution in [0.3, 0.4) is 0 Å². The fourth-order valence-corrected chi connectivity index (χ4v) is 3.86. The zero-order chi connectivity index (χ0) is 25.5. The van der Waals surface area contributed by atoms with Crippen LogP contribution >= 0.6 is 0 Å². The number of ketones is 1. The van der Waals surface area contributed by atoms with Gasteiger partial charge in [0.1, 0.15) is 17.5 Å². The van der Waals surface area contributed by atoms with Gasteiger partial charge >= 0.3 is 0 Å². The summed E-state index contributed by atoms with van der Waals surface area (Å²) in [6, 6.07) is 4.29. The van der Waals surface area contributed by atoms with Gasteiger partial charge in [0.2, 0.25) is 0 Å². The Bertz CT molecular complexity index is 1100. The van der Waals surface area contributed by atoms with E-state index in [1.54, 1.807) is 25.2 Å². The summed E-state index contributed by atoms with van der Waals surface area (Å²) in [6.45, 7) is 14.8. The Morgan fingerprint density at radius 2 is 1.91 bits per heavy atom. The smallest absolute Gasteiger partial charge is 0.167 e. The predicted octanol–water partition coefficient (Wildman–Crippen LogP) is 5.66. The zero-order valence-corrected chi connectivity index (χ0v) is 20.3. The van der Waals surface area contributed by atoms with Gasteiger partial charge in [-0.05, 0) is 62.1 Å². The van der Waals surface area contributed by atoms with Crippen molar-refractivity contribution >= 4 is 5.78 Å². The number of hydrogen-bond donors (Lipinski definition) is 2. The van der Waals surface area contributed by atoms with Gasteiger partial charge in [0.15, 0.2) is 5.78 Å². The molecule has 1 heterocycles. The highest BCUT2D eigenvalue weighted by molar-refractivity contribution is 5.87. The van der Waals surface area contributed by atoms with E-state index in [1.165, 1.54) is 25.1 Å². The van der Waals surface area contributed by atoms with Crippen LogP contribution in [0.5, 0.6) is 0 Å². The number of benzene rings is 1. The highest BCUT2D eigenvalue weighted by atomic mass is 19.1. The number of aliphatic hydroxyl groups is 1. The van der Waals surface area contributed by atoms with Crippen molar-refractivity contribution in [3.8, 4) is 0 Å². The SMILES string of the molecule is C=C/C=C(N)/C(/C=C\C)=C(/C=C/[C@H]1CC(=O)[C@@H]([C@](C)(O)c2ccc(F)c(C)c2)O1)C(=C)/C=C\C. The summed E-state index contributed by atoms with van der Waals surface area (Å²) in [5.41, 5.74) is 8.26. The lowest BCUT2D eigenvalue weighted by atomic mass is 9.87. The second kappa shape index (κ2) is 11.7. The van der Waals surface area contributed by atoms with Crippen LogP contribution < -0.4 is 5.73 Å². The van der Waals surface area contributed by atoms with Gasteiger partial charge in [-0.25, -0.2) is 4.39 Å². The molecule has 0 aromatic heterocycles. The minimum Gasteiger partial charge on any atom is -0.398 e. The molecule has 0 radical (unpaired) electrons. The standard InChI is InChI=1S/C29H34FNO3/c1-7-10-19(4)23(24(11-8-2)26(31)12-9-3)15-14-22-18-27(32)28(34-22)29(6,33)21-13-16-25(30)20(5)17-21/h7-17,22,28,33H,3-4,18,31H2,1-2,5-6H3/b10-7-,11-8-,15-14+,24-23-,26-12-/t22-,28-,29+/m0/s1. The Kier molecular flexibility index (Phi) is 9.30. The lowest BCUT2D eigenvalue weighted by Crippen LogP contribution is -2.40. The Labute approximate surface area is 202 Å². The van der Waals surface area contributed by atoms with Gasteiger partial charge in [-0.15, -0.1) is 0 Å². The van der Waals surface area contributed by atoms with Gasteiger partial charge < -0.3 is 15.6 Å². The molecule has 0 spiro atoms. The molecule has 1 aromatic carbocycles. The minimum atomic E-state index is -1.60. The van der Waals surface area contributed by atoms with Crippen molar-refractivity contribution in [2.45, 2.75) is 51.9 Å². The third kappa shape index (κ3) is 6.19. The highest BCUT2D eigenvalue weighted by Gasteiger charge is 2.45. The summed E-state index contributed by atoms with van der Waals surface area (Å²) in [5.74, 6) is -0.597. The van der Waals surface area contributed by atoms with Gasteiger partial charge in [-0.1, -0.05) is 67.8 Å². The molecule has 0 amide bonds. The molecule has 1 aliphatic heterocycles. The average molecular weight is 464 g/mol. The van der Waals surface area contributed by atoms with Crippen molar-refractivity contribution in [1.82, 2.24) is 0 Å². The molecule has 1 aromatic rings. The maximum atomic E-state index is 13.7. The Morgan fingerprint density at radius 3 is 2.50 bits per heavy atom. The van der Waals surface area contributed by atoms with Crippen molar-refractivity contribution < 1.29 is 19.0 Å². The number of halogens is 1. The van der Waals surface area contributed by atoms with E-state index < -0.39 is 17.8 Å². The molecule has 34 heavy (non-hydrogen) atoms. The fraction of sp³-hybridized carbons (Fsp3) is 0.276. The predicted molar refractivity (Wildman–Crippen MR) is 136 cm³/mol. The number of Topliss-reactive ketones (excluding diaryl/α,β-unsaturated/α-hetero) is 1. The minimum absolute atomic E-state index is 0.109. The molecule has 1 fully saturated rings. The maximum absolute atomic E-state index is 13.7. The monoisotopic (exact) mass is 463 g/mol. The van der Waals surface area contributed by atoms with Crippen LogP contribution in [0.15, 0.2) is 102 Å². The van der Waals surface area contributed by atoms with Crippen molar-refractivity contribution in [1.29, 1.82) is 0 Å². The van der Waals surface area contributed by atoms with Crippen LogP contribution in [0.2, 0.25) is 0 Å². The molecule has 0 aliphatic carbocycles. The molecule has 1 aliphatic rings. The molecule has 0 saturated carbocycles. The number of aryl methyl sites for hydroxylation is 1. The molecular weight excluding hydrogens is 429 g/mol. The molecule has 3 atom stereocenters. The highest BCUT2D eigenvalue weighted by Crippen LogP contribution is 2.34. The summed E-state index contributed by atoms with van der Waals surface area (Å²) in [5, 5.41) is 11.1. The molecule has 4 nitrogen and oxygen atoms in total. The number of carbonyl (C=O) groups is 1. The normalized spacial score (nSPS) is 21.9. The first-order valence-electron chi connectivity index (χ1n) is 11.2. The molecule has 1 saturated heterocycles. The third-order valence-corrected chi connectivity index (χ3v) is 5.68. The Hall–Kier alpha value is -3.28. The van der Waals surface area contributed by atoms with Crippen LogP contribution in [0, 0.1) is 12.7 Å². The topological polar surface area (TPSA) is 72.6 Å². The lowest BCUT2D eigenvalue weighted by molar-refractivity contribution is -0.139. The van der Waals surface area contributed by atoms with Crippen molar-refractivity contribution in [3.05, 3.63) is 119 Å². The van der Waals surface area contributed by atoms with E-state index in [9.17, 15) is 14.3 Å². The number of allylic oxidation sites excluding steroid dienone is 9. The maximum Gasteiger partial charge on any atom is 0.167 e. The Balaban J connectivity index is 2.40. The molecule has 2 rings (SSSR count). The van der Waals surface area contributed by atoms with E-state index in [0.29, 0.717) is 16.8 Å². The lowest BCUT2D eigenvalue weighted by Gasteiger charge is -2.29. The van der Waals surface area contributed by atoms with E-state index in [-0.39, 0.29) is 18.0 Å². The number of carbonyl (C=O) groups excluding carboxylic acids is 1. The van der Waals surface area contributed by atoms with Crippen molar-refractivity contribution in [2.75, 3.05) is 0 Å². The van der Waals surface area contributed by atoms with Gasteiger partial charge in [-0.2, -0.15) is 0 Å². The molecule has 0 unspecified atom stereocenters. The van der Waals surface area contributed by atoms with E-state index in [0.717, 1.165) is 16.7 Å². The fourth-order valence-electron chi connectivity index (χ4n) is 3.86. The third-order valence-electron chi connectivity index (χ3n) is 5.68. The van der Waals surface area contributed by atoms with Crippen molar-refractivity contribution in [3.63, 3.8) is 0 Å². The molecule has 3 N–H and O–H groups in total. The summed E-state index contributed by atoms with van der Waals surface area (Å²) < 4.78 is 19.7. The number of nitrogens with two attached hydrogens (primary N) is 1. The average Bonchev–Trinajstić information content (AvgIpc) is 3.16. The Morgan fingerprint density at radius 1 is 1.24 bits per heavy atom. The molecule has 0 bridgehead atoms. The first-order valence-corrected chi connectivity index (χ1v) is 11.2. The van der Waals surface area contributed by atoms with Gasteiger partial charge in [-0.3, -0.25) is 4.79 Å². The van der Waals surface area contributed by atoms with Gasteiger partial charge in [0.05, 0.1) is 6.10 Å². The second-order valence-electron chi connectivity index (χ2n) is 8.41. The molecule has 180 valence electrons. The number of ether oxygens (including phenoxy) is 1.